The molecule has 1 aromatic rings. The minimum Gasteiger partial charge on any atom is -0.463 e. The predicted octanol–water partition coefficient (Wildman–Crippen LogP) is 4.93. The summed E-state index contributed by atoms with van der Waals surface area (Å²) in [7, 11) is 0. The second kappa shape index (κ2) is 8.25. The van der Waals surface area contributed by atoms with Crippen molar-refractivity contribution in [3.05, 3.63) is 35.4 Å². The van der Waals surface area contributed by atoms with Gasteiger partial charge >= 0.3 is 18.2 Å². The zero-order chi connectivity index (χ0) is 20.1. The van der Waals surface area contributed by atoms with Crippen molar-refractivity contribution >= 4 is 23.3 Å². The van der Waals surface area contributed by atoms with E-state index in [4.69, 9.17) is 4.74 Å². The summed E-state index contributed by atoms with van der Waals surface area (Å²) in [6, 6.07) is 5.30. The maximum absolute atomic E-state index is 13.6. The molecule has 1 N–H and O–H groups in total. The van der Waals surface area contributed by atoms with Gasteiger partial charge in [-0.25, -0.2) is 9.59 Å². The van der Waals surface area contributed by atoms with Crippen molar-refractivity contribution in [2.45, 2.75) is 46.4 Å². The topological polar surface area (TPSA) is 64.6 Å². The minimum absolute atomic E-state index is 0.0564. The molecule has 0 radical (unpaired) electrons. The number of carbonyl (C=O) groups is 2. The van der Waals surface area contributed by atoms with Crippen molar-refractivity contribution in [3.63, 3.8) is 0 Å². The molecule has 0 saturated heterocycles. The molecule has 0 atom stereocenters. The van der Waals surface area contributed by atoms with Gasteiger partial charge in [0.15, 0.2) is 0 Å². The fourth-order valence-corrected chi connectivity index (χ4v) is 2.13. The van der Waals surface area contributed by atoms with Gasteiger partial charge in [-0.1, -0.05) is 18.2 Å². The van der Waals surface area contributed by atoms with Crippen molar-refractivity contribution in [2.24, 2.45) is 0 Å². The van der Waals surface area contributed by atoms with Crippen LogP contribution in [0.3, 0.4) is 0 Å². The van der Waals surface area contributed by atoms with Gasteiger partial charge in [-0.15, -0.1) is 0 Å². The number of allylic oxidation sites excluding steroid dienone is 1. The number of esters is 1. The largest absolute Gasteiger partial charge is 0.463 e. The van der Waals surface area contributed by atoms with Crippen LogP contribution in [-0.2, 0) is 14.3 Å². The predicted molar refractivity (Wildman–Crippen MR) is 91.6 cm³/mol. The quantitative estimate of drug-likeness (QED) is 0.600. The van der Waals surface area contributed by atoms with E-state index in [0.717, 1.165) is 13.0 Å². The summed E-state index contributed by atoms with van der Waals surface area (Å²) < 4.78 is 50.7. The van der Waals surface area contributed by atoms with Crippen LogP contribution in [0.5, 0.6) is 0 Å². The smallest absolute Gasteiger partial charge is 0.417 e. The molecule has 0 bridgehead atoms. The van der Waals surface area contributed by atoms with Crippen molar-refractivity contribution in [2.75, 3.05) is 11.9 Å². The standard InChI is InChI=1S/C18H22F3NO4/c1-6-25-15(23)11(2)14(18(19,20)21)12-9-7-8-10-13(12)22-16(24)26-17(3,4)5/h7-10H,6H2,1-5H3,(H,22,24)/b14-11+. The van der Waals surface area contributed by atoms with Gasteiger partial charge in [0.2, 0.25) is 0 Å². The average molecular weight is 373 g/mol. The molecule has 0 aromatic heterocycles. The number of anilines is 1. The first-order chi connectivity index (χ1) is 11.9. The van der Waals surface area contributed by atoms with E-state index in [1.807, 2.05) is 0 Å². The second-order valence-electron chi connectivity index (χ2n) is 6.39. The Labute approximate surface area is 150 Å². The molecule has 8 heteroatoms. The molecule has 26 heavy (non-hydrogen) atoms. The fraction of sp³-hybridized carbons (Fsp3) is 0.444. The Morgan fingerprint density at radius 1 is 1.12 bits per heavy atom. The summed E-state index contributed by atoms with van der Waals surface area (Å²) in [6.07, 6.45) is -5.73. The highest BCUT2D eigenvalue weighted by Gasteiger charge is 2.39. The number of rotatable bonds is 4. The number of hydrogen-bond acceptors (Lipinski definition) is 4. The Balaban J connectivity index is 3.40. The van der Waals surface area contributed by atoms with Crippen molar-refractivity contribution in [1.29, 1.82) is 0 Å². The van der Waals surface area contributed by atoms with Crippen LogP contribution >= 0.6 is 0 Å². The number of para-hydroxylation sites is 1. The van der Waals surface area contributed by atoms with Crippen LogP contribution in [-0.4, -0.2) is 30.4 Å². The van der Waals surface area contributed by atoms with E-state index in [1.54, 1.807) is 20.8 Å². The Morgan fingerprint density at radius 2 is 1.69 bits per heavy atom. The van der Waals surface area contributed by atoms with E-state index >= 15 is 0 Å². The van der Waals surface area contributed by atoms with Crippen LogP contribution in [0.15, 0.2) is 29.8 Å². The van der Waals surface area contributed by atoms with Gasteiger partial charge in [0.25, 0.3) is 0 Å². The highest BCUT2D eigenvalue weighted by molar-refractivity contribution is 6.01. The fourth-order valence-electron chi connectivity index (χ4n) is 2.13. The molecule has 0 fully saturated rings. The van der Waals surface area contributed by atoms with E-state index in [0.29, 0.717) is 0 Å². The lowest BCUT2D eigenvalue weighted by molar-refractivity contribution is -0.138. The third kappa shape index (κ3) is 6.09. The SMILES string of the molecule is CCOC(=O)/C(C)=C(\c1ccccc1NC(=O)OC(C)(C)C)C(F)(F)F. The van der Waals surface area contributed by atoms with Gasteiger partial charge in [-0.2, -0.15) is 13.2 Å². The molecule has 0 spiro atoms. The minimum atomic E-state index is -4.83. The Kier molecular flexibility index (Phi) is 6.83. The molecule has 0 aliphatic rings. The molecular formula is C18H22F3NO4. The Morgan fingerprint density at radius 3 is 2.19 bits per heavy atom. The molecule has 0 aliphatic heterocycles. The van der Waals surface area contributed by atoms with Gasteiger partial charge in [0, 0.05) is 11.1 Å². The summed E-state index contributed by atoms with van der Waals surface area (Å²) in [4.78, 5) is 23.8. The summed E-state index contributed by atoms with van der Waals surface area (Å²) in [5, 5.41) is 2.30. The van der Waals surface area contributed by atoms with E-state index in [9.17, 15) is 22.8 Å². The number of carbonyl (C=O) groups excluding carboxylic acids is 2. The van der Waals surface area contributed by atoms with E-state index in [1.165, 1.54) is 25.1 Å². The third-order valence-electron chi connectivity index (χ3n) is 3.07. The number of alkyl halides is 3. The van der Waals surface area contributed by atoms with Crippen LogP contribution in [0.25, 0.3) is 5.57 Å². The molecule has 144 valence electrons. The molecule has 0 heterocycles. The third-order valence-corrected chi connectivity index (χ3v) is 3.07. The molecular weight excluding hydrogens is 351 g/mol. The first-order valence-electron chi connectivity index (χ1n) is 7.91. The summed E-state index contributed by atoms with van der Waals surface area (Å²) in [6.45, 7) is 7.36. The maximum Gasteiger partial charge on any atom is 0.417 e. The Bertz CT molecular complexity index is 703. The highest BCUT2D eigenvalue weighted by Crippen LogP contribution is 2.40. The van der Waals surface area contributed by atoms with Crippen LogP contribution in [0.4, 0.5) is 23.7 Å². The maximum atomic E-state index is 13.6. The average Bonchev–Trinajstić information content (AvgIpc) is 2.46. The highest BCUT2D eigenvalue weighted by atomic mass is 19.4. The van der Waals surface area contributed by atoms with Crippen molar-refractivity contribution in [3.8, 4) is 0 Å². The molecule has 1 amide bonds. The molecule has 0 saturated carbocycles. The van der Waals surface area contributed by atoms with Crippen molar-refractivity contribution < 1.29 is 32.2 Å². The normalized spacial score (nSPS) is 12.9. The molecule has 1 aromatic carbocycles. The molecule has 0 aliphatic carbocycles. The van der Waals surface area contributed by atoms with E-state index in [-0.39, 0.29) is 17.9 Å². The van der Waals surface area contributed by atoms with Gasteiger partial charge in [0.05, 0.1) is 17.9 Å². The van der Waals surface area contributed by atoms with Gasteiger partial charge in [-0.05, 0) is 40.7 Å². The van der Waals surface area contributed by atoms with E-state index in [2.05, 4.69) is 10.1 Å². The number of nitrogens with one attached hydrogen (secondary N) is 1. The monoisotopic (exact) mass is 373 g/mol. The van der Waals surface area contributed by atoms with Gasteiger partial charge < -0.3 is 9.47 Å². The van der Waals surface area contributed by atoms with Crippen LogP contribution in [0, 0.1) is 0 Å². The molecule has 1 rings (SSSR count). The number of ether oxygens (including phenoxy) is 2. The molecule has 0 unspecified atom stereocenters. The van der Waals surface area contributed by atoms with E-state index < -0.39 is 35.0 Å². The summed E-state index contributed by atoms with van der Waals surface area (Å²) in [5.41, 5.74) is -3.07. The number of amides is 1. The zero-order valence-corrected chi connectivity index (χ0v) is 15.3. The van der Waals surface area contributed by atoms with Crippen LogP contribution < -0.4 is 5.32 Å². The van der Waals surface area contributed by atoms with Gasteiger partial charge in [0.1, 0.15) is 5.60 Å². The van der Waals surface area contributed by atoms with Crippen molar-refractivity contribution in [1.82, 2.24) is 0 Å². The first kappa shape index (κ1) is 21.5. The summed E-state index contributed by atoms with van der Waals surface area (Å²) >= 11 is 0. The second-order valence-corrected chi connectivity index (χ2v) is 6.39. The lowest BCUT2D eigenvalue weighted by atomic mass is 9.98. The number of benzene rings is 1. The lowest BCUT2D eigenvalue weighted by Gasteiger charge is -2.22. The molecule has 5 nitrogen and oxygen atoms in total. The van der Waals surface area contributed by atoms with Crippen LogP contribution in [0.1, 0.15) is 40.2 Å². The Hall–Kier alpha value is -2.51. The number of halogens is 3. The zero-order valence-electron chi connectivity index (χ0n) is 15.3. The van der Waals surface area contributed by atoms with Gasteiger partial charge in [-0.3, -0.25) is 5.32 Å². The first-order valence-corrected chi connectivity index (χ1v) is 7.91. The van der Waals surface area contributed by atoms with Crippen LogP contribution in [0.2, 0.25) is 0 Å². The lowest BCUT2D eigenvalue weighted by Crippen LogP contribution is -2.28. The summed E-state index contributed by atoms with van der Waals surface area (Å²) in [5.74, 6) is -1.08. The number of hydrogen-bond donors (Lipinski definition) is 1.